The molecule has 1 fully saturated rings. The van der Waals surface area contributed by atoms with Gasteiger partial charge in [-0.3, -0.25) is 14.5 Å². The van der Waals surface area contributed by atoms with Crippen molar-refractivity contribution in [1.82, 2.24) is 9.83 Å². The molecule has 2 aliphatic heterocycles. The molecule has 31 heavy (non-hydrogen) atoms. The standard InChI is InChI=1S/C20H20FN5O5/c1-10-5-15(23-31-10)22-11-3-4-25(7-11)17-14(21)6-12-16-19(17)30-9-24(2)26(16)8-13(18(12)27)20(28)29/h5-6,8,11H,3-4,7,9H2,1-2H3,(H,22,23)(H,28,29). The first-order chi connectivity index (χ1) is 14.8. The molecule has 162 valence electrons. The number of ether oxygens (including phenoxy) is 1. The third-order valence-corrected chi connectivity index (χ3v) is 5.63. The summed E-state index contributed by atoms with van der Waals surface area (Å²) in [6.07, 6.45) is 2.00. The van der Waals surface area contributed by atoms with Gasteiger partial charge in [0.15, 0.2) is 24.1 Å². The van der Waals surface area contributed by atoms with Gasteiger partial charge >= 0.3 is 5.97 Å². The van der Waals surface area contributed by atoms with Crippen molar-refractivity contribution in [3.8, 4) is 5.75 Å². The van der Waals surface area contributed by atoms with Crippen LogP contribution in [0.15, 0.2) is 27.6 Å². The van der Waals surface area contributed by atoms with Crippen molar-refractivity contribution in [3.63, 3.8) is 0 Å². The monoisotopic (exact) mass is 429 g/mol. The van der Waals surface area contributed by atoms with Crippen LogP contribution < -0.4 is 25.4 Å². The fraction of sp³-hybridized carbons (Fsp3) is 0.350. The molecule has 1 saturated heterocycles. The van der Waals surface area contributed by atoms with Crippen LogP contribution in [0, 0.1) is 12.7 Å². The molecule has 3 aromatic rings. The van der Waals surface area contributed by atoms with Crippen LogP contribution in [0.4, 0.5) is 15.9 Å². The normalized spacial score (nSPS) is 17.8. The third-order valence-electron chi connectivity index (χ3n) is 5.63. The second-order valence-electron chi connectivity index (χ2n) is 7.78. The number of nitrogens with one attached hydrogen (secondary N) is 1. The van der Waals surface area contributed by atoms with Crippen molar-refractivity contribution in [2.45, 2.75) is 19.4 Å². The predicted molar refractivity (Wildman–Crippen MR) is 110 cm³/mol. The van der Waals surface area contributed by atoms with Crippen LogP contribution in [-0.4, -0.2) is 53.8 Å². The molecule has 0 spiro atoms. The van der Waals surface area contributed by atoms with E-state index in [1.54, 1.807) is 25.0 Å². The Hall–Kier alpha value is -3.76. The summed E-state index contributed by atoms with van der Waals surface area (Å²) < 4.78 is 27.7. The van der Waals surface area contributed by atoms with Crippen LogP contribution in [0.25, 0.3) is 10.9 Å². The van der Waals surface area contributed by atoms with Gasteiger partial charge in [0.05, 0.1) is 5.39 Å². The second-order valence-corrected chi connectivity index (χ2v) is 7.78. The molecular formula is C20H20FN5O5. The maximum absolute atomic E-state index is 15.3. The number of aromatic carboxylic acids is 1. The predicted octanol–water partition coefficient (Wildman–Crippen LogP) is 1.74. The molecule has 2 N–H and O–H groups in total. The number of hydrogen-bond acceptors (Lipinski definition) is 8. The van der Waals surface area contributed by atoms with Gasteiger partial charge in [0.2, 0.25) is 5.43 Å². The van der Waals surface area contributed by atoms with Crippen LogP contribution in [0.3, 0.4) is 0 Å². The average Bonchev–Trinajstić information content (AvgIpc) is 3.34. The minimum atomic E-state index is -1.36. The minimum absolute atomic E-state index is 0.0228. The van der Waals surface area contributed by atoms with E-state index in [-0.39, 0.29) is 29.6 Å². The Labute approximate surface area is 175 Å². The lowest BCUT2D eigenvalue weighted by Gasteiger charge is -2.33. The van der Waals surface area contributed by atoms with Gasteiger partial charge < -0.3 is 24.6 Å². The Balaban J connectivity index is 1.58. The summed E-state index contributed by atoms with van der Waals surface area (Å²) in [7, 11) is 1.69. The van der Waals surface area contributed by atoms with Gasteiger partial charge in [-0.1, -0.05) is 5.16 Å². The van der Waals surface area contributed by atoms with Gasteiger partial charge in [0.1, 0.15) is 22.5 Å². The van der Waals surface area contributed by atoms with E-state index in [0.29, 0.717) is 30.2 Å². The number of hydrogen-bond donors (Lipinski definition) is 2. The minimum Gasteiger partial charge on any atom is -0.477 e. The van der Waals surface area contributed by atoms with E-state index >= 15 is 4.39 Å². The first kappa shape index (κ1) is 19.2. The van der Waals surface area contributed by atoms with Crippen molar-refractivity contribution >= 4 is 28.4 Å². The lowest BCUT2D eigenvalue weighted by molar-refractivity contribution is 0.0694. The number of nitrogens with zero attached hydrogens (tertiary/aromatic N) is 4. The lowest BCUT2D eigenvalue weighted by atomic mass is 10.1. The molecule has 0 amide bonds. The summed E-state index contributed by atoms with van der Waals surface area (Å²) in [6, 6.07) is 2.92. The Kier molecular flexibility index (Phi) is 4.27. The van der Waals surface area contributed by atoms with Gasteiger partial charge in [0, 0.05) is 38.4 Å². The molecule has 1 aromatic carbocycles. The zero-order chi connectivity index (χ0) is 21.9. The number of pyridine rings is 1. The van der Waals surface area contributed by atoms with E-state index in [9.17, 15) is 14.7 Å². The topological polar surface area (TPSA) is 113 Å². The molecule has 10 nitrogen and oxygen atoms in total. The zero-order valence-electron chi connectivity index (χ0n) is 16.9. The third kappa shape index (κ3) is 3.04. The number of halogens is 1. The van der Waals surface area contributed by atoms with Crippen LogP contribution in [0.5, 0.6) is 5.75 Å². The van der Waals surface area contributed by atoms with Crippen LogP contribution in [0.2, 0.25) is 0 Å². The maximum Gasteiger partial charge on any atom is 0.341 e. The first-order valence-electron chi connectivity index (χ1n) is 9.77. The number of rotatable bonds is 4. The highest BCUT2D eigenvalue weighted by Crippen LogP contribution is 2.41. The van der Waals surface area contributed by atoms with Crippen LogP contribution >= 0.6 is 0 Å². The number of aryl methyl sites for hydroxylation is 1. The molecule has 1 atom stereocenters. The van der Waals surface area contributed by atoms with Crippen LogP contribution in [-0.2, 0) is 0 Å². The molecular weight excluding hydrogens is 409 g/mol. The molecule has 11 heteroatoms. The number of anilines is 2. The van der Waals surface area contributed by atoms with E-state index in [1.807, 2.05) is 4.90 Å². The number of carboxylic acid groups (broad SMARTS) is 1. The number of carboxylic acids is 1. The van der Waals surface area contributed by atoms with Crippen molar-refractivity contribution in [3.05, 3.63) is 45.7 Å². The van der Waals surface area contributed by atoms with E-state index in [0.717, 1.165) is 12.5 Å². The van der Waals surface area contributed by atoms with E-state index in [4.69, 9.17) is 9.26 Å². The molecule has 5 rings (SSSR count). The SMILES string of the molecule is Cc1cc(NC2CCN(c3c(F)cc4c(=O)c(C(=O)O)cn5c4c3OCN5C)C2)no1. The van der Waals surface area contributed by atoms with Gasteiger partial charge in [-0.2, -0.15) is 0 Å². The highest BCUT2D eigenvalue weighted by atomic mass is 19.1. The Morgan fingerprint density at radius 1 is 1.39 bits per heavy atom. The highest BCUT2D eigenvalue weighted by Gasteiger charge is 2.32. The highest BCUT2D eigenvalue weighted by molar-refractivity contribution is 5.97. The maximum atomic E-state index is 15.3. The summed E-state index contributed by atoms with van der Waals surface area (Å²) in [5.41, 5.74) is -0.555. The van der Waals surface area contributed by atoms with E-state index in [2.05, 4.69) is 10.5 Å². The fourth-order valence-corrected chi connectivity index (χ4v) is 4.20. The molecule has 2 aromatic heterocycles. The van der Waals surface area contributed by atoms with Crippen molar-refractivity contribution in [2.24, 2.45) is 0 Å². The van der Waals surface area contributed by atoms with Gasteiger partial charge in [-0.05, 0) is 19.4 Å². The number of carbonyl (C=O) groups is 1. The Morgan fingerprint density at radius 2 is 2.19 bits per heavy atom. The van der Waals surface area contributed by atoms with Crippen molar-refractivity contribution in [2.75, 3.05) is 42.1 Å². The molecule has 0 radical (unpaired) electrons. The second kappa shape index (κ2) is 6.89. The fourth-order valence-electron chi connectivity index (χ4n) is 4.20. The summed E-state index contributed by atoms with van der Waals surface area (Å²) in [6.45, 7) is 2.95. The molecule has 0 saturated carbocycles. The quantitative estimate of drug-likeness (QED) is 0.640. The molecule has 1 unspecified atom stereocenters. The largest absolute Gasteiger partial charge is 0.477 e. The van der Waals surface area contributed by atoms with Crippen molar-refractivity contribution < 1.29 is 23.6 Å². The molecule has 0 bridgehead atoms. The summed E-state index contributed by atoms with van der Waals surface area (Å²) >= 11 is 0. The first-order valence-corrected chi connectivity index (χ1v) is 9.77. The van der Waals surface area contributed by atoms with E-state index in [1.165, 1.54) is 10.9 Å². The summed E-state index contributed by atoms with van der Waals surface area (Å²) in [5, 5.41) is 18.2. The summed E-state index contributed by atoms with van der Waals surface area (Å²) in [5.74, 6) is -0.439. The Morgan fingerprint density at radius 3 is 2.90 bits per heavy atom. The zero-order valence-corrected chi connectivity index (χ0v) is 16.9. The molecule has 2 aliphatic rings. The molecule has 0 aliphatic carbocycles. The van der Waals surface area contributed by atoms with Gasteiger partial charge in [0.25, 0.3) is 0 Å². The van der Waals surface area contributed by atoms with Gasteiger partial charge in [-0.25, -0.2) is 9.18 Å². The molecule has 4 heterocycles. The van der Waals surface area contributed by atoms with Crippen molar-refractivity contribution in [1.29, 1.82) is 0 Å². The number of benzene rings is 1. The van der Waals surface area contributed by atoms with E-state index < -0.39 is 22.8 Å². The number of aromatic nitrogens is 2. The lowest BCUT2D eigenvalue weighted by Crippen LogP contribution is -2.40. The Bertz CT molecular complexity index is 1270. The smallest absolute Gasteiger partial charge is 0.341 e. The van der Waals surface area contributed by atoms with Crippen LogP contribution in [0.1, 0.15) is 22.5 Å². The average molecular weight is 429 g/mol. The summed E-state index contributed by atoms with van der Waals surface area (Å²) in [4.78, 5) is 26.1. The van der Waals surface area contributed by atoms with Gasteiger partial charge in [-0.15, -0.1) is 0 Å².